The van der Waals surface area contributed by atoms with Gasteiger partial charge in [-0.1, -0.05) is 25.5 Å². The Bertz CT molecular complexity index is 484. The topological polar surface area (TPSA) is 54.7 Å². The Morgan fingerprint density at radius 3 is 2.94 bits per heavy atom. The number of benzene rings is 1. The highest BCUT2D eigenvalue weighted by Crippen LogP contribution is 2.38. The van der Waals surface area contributed by atoms with Crippen LogP contribution in [-0.4, -0.2) is 16.0 Å². The van der Waals surface area contributed by atoms with E-state index in [0.717, 1.165) is 29.7 Å². The molecule has 3 heteroatoms. The van der Waals surface area contributed by atoms with Crippen molar-refractivity contribution in [1.82, 2.24) is 9.97 Å². The summed E-state index contributed by atoms with van der Waals surface area (Å²) in [5, 5.41) is 0. The van der Waals surface area contributed by atoms with Crippen LogP contribution in [0.1, 0.15) is 32.0 Å². The van der Waals surface area contributed by atoms with Gasteiger partial charge in [0.05, 0.1) is 11.0 Å². The molecule has 1 saturated carbocycles. The van der Waals surface area contributed by atoms with Gasteiger partial charge >= 0.3 is 0 Å². The Balaban J connectivity index is 2.12. The standard InChI is InChI=1S/C13H17N3/c1-13(8-4-7-11(13)14)12-15-9-5-2-3-6-10(9)16-12/h2-3,5-6,11H,4,7-8,14H2,1H3,(H,15,16). The molecule has 0 radical (unpaired) electrons. The quantitative estimate of drug-likeness (QED) is 0.767. The molecule has 1 heterocycles. The van der Waals surface area contributed by atoms with Crippen LogP contribution in [0.15, 0.2) is 24.3 Å². The molecule has 0 spiro atoms. The van der Waals surface area contributed by atoms with Crippen molar-refractivity contribution in [2.45, 2.75) is 37.6 Å². The molecule has 0 saturated heterocycles. The number of nitrogens with one attached hydrogen (secondary N) is 1. The number of fused-ring (bicyclic) bond motifs is 1. The molecule has 3 N–H and O–H groups in total. The summed E-state index contributed by atoms with van der Waals surface area (Å²) in [6.07, 6.45) is 3.44. The van der Waals surface area contributed by atoms with Crippen molar-refractivity contribution >= 4 is 11.0 Å². The molecular weight excluding hydrogens is 198 g/mol. The number of para-hydroxylation sites is 2. The smallest absolute Gasteiger partial charge is 0.114 e. The first kappa shape index (κ1) is 9.85. The molecule has 1 aliphatic rings. The van der Waals surface area contributed by atoms with Gasteiger partial charge in [-0.05, 0) is 25.0 Å². The van der Waals surface area contributed by atoms with Crippen LogP contribution in [0.3, 0.4) is 0 Å². The molecular formula is C13H17N3. The Morgan fingerprint density at radius 1 is 1.44 bits per heavy atom. The number of aromatic amines is 1. The minimum atomic E-state index is 0.0268. The number of nitrogens with two attached hydrogens (primary N) is 1. The molecule has 2 unspecified atom stereocenters. The van der Waals surface area contributed by atoms with Crippen LogP contribution in [0.2, 0.25) is 0 Å². The summed E-state index contributed by atoms with van der Waals surface area (Å²) >= 11 is 0. The highest BCUT2D eigenvalue weighted by molar-refractivity contribution is 5.75. The first-order valence-electron chi connectivity index (χ1n) is 5.91. The molecule has 0 amide bonds. The third-order valence-electron chi connectivity index (χ3n) is 3.96. The Hall–Kier alpha value is -1.35. The Kier molecular flexibility index (Phi) is 2.04. The van der Waals surface area contributed by atoms with Crippen molar-refractivity contribution in [2.75, 3.05) is 0 Å². The van der Waals surface area contributed by atoms with Crippen LogP contribution < -0.4 is 5.73 Å². The van der Waals surface area contributed by atoms with Gasteiger partial charge in [0.15, 0.2) is 0 Å². The molecule has 2 atom stereocenters. The van der Waals surface area contributed by atoms with Crippen molar-refractivity contribution in [3.63, 3.8) is 0 Å². The van der Waals surface area contributed by atoms with Gasteiger partial charge in [-0.3, -0.25) is 0 Å². The van der Waals surface area contributed by atoms with Gasteiger partial charge in [0.1, 0.15) is 5.82 Å². The average Bonchev–Trinajstić information content (AvgIpc) is 2.84. The molecule has 3 nitrogen and oxygen atoms in total. The number of imidazole rings is 1. The minimum absolute atomic E-state index is 0.0268. The molecule has 1 aromatic heterocycles. The van der Waals surface area contributed by atoms with Gasteiger partial charge in [-0.2, -0.15) is 0 Å². The lowest BCUT2D eigenvalue weighted by molar-refractivity contribution is 0.409. The molecule has 3 rings (SSSR count). The van der Waals surface area contributed by atoms with Crippen molar-refractivity contribution in [3.05, 3.63) is 30.1 Å². The van der Waals surface area contributed by atoms with Crippen molar-refractivity contribution in [1.29, 1.82) is 0 Å². The number of rotatable bonds is 1. The van der Waals surface area contributed by atoms with E-state index in [9.17, 15) is 0 Å². The van der Waals surface area contributed by atoms with E-state index in [1.807, 2.05) is 18.2 Å². The minimum Gasteiger partial charge on any atom is -0.341 e. The van der Waals surface area contributed by atoms with Crippen LogP contribution in [-0.2, 0) is 5.41 Å². The van der Waals surface area contributed by atoms with Gasteiger partial charge in [0.2, 0.25) is 0 Å². The van der Waals surface area contributed by atoms with Crippen LogP contribution in [0.4, 0.5) is 0 Å². The lowest BCUT2D eigenvalue weighted by Crippen LogP contribution is -2.39. The Morgan fingerprint density at radius 2 is 2.25 bits per heavy atom. The lowest BCUT2D eigenvalue weighted by Gasteiger charge is -2.26. The number of nitrogens with zero attached hydrogens (tertiary/aromatic N) is 1. The normalized spacial score (nSPS) is 30.0. The van der Waals surface area contributed by atoms with Crippen molar-refractivity contribution < 1.29 is 0 Å². The first-order valence-corrected chi connectivity index (χ1v) is 5.91. The van der Waals surface area contributed by atoms with E-state index in [2.05, 4.69) is 23.0 Å². The number of hydrogen-bond donors (Lipinski definition) is 2. The van der Waals surface area contributed by atoms with Gasteiger partial charge < -0.3 is 10.7 Å². The first-order chi connectivity index (χ1) is 7.70. The van der Waals surface area contributed by atoms with Crippen LogP contribution in [0.25, 0.3) is 11.0 Å². The van der Waals surface area contributed by atoms with Gasteiger partial charge in [0, 0.05) is 11.5 Å². The molecule has 1 aromatic carbocycles. The molecule has 84 valence electrons. The summed E-state index contributed by atoms with van der Waals surface area (Å²) < 4.78 is 0. The summed E-state index contributed by atoms with van der Waals surface area (Å²) in [5.74, 6) is 1.05. The van der Waals surface area contributed by atoms with Crippen molar-refractivity contribution in [2.24, 2.45) is 5.73 Å². The monoisotopic (exact) mass is 215 g/mol. The zero-order valence-electron chi connectivity index (χ0n) is 9.53. The molecule has 16 heavy (non-hydrogen) atoms. The summed E-state index contributed by atoms with van der Waals surface area (Å²) in [4.78, 5) is 8.10. The third-order valence-corrected chi connectivity index (χ3v) is 3.96. The van der Waals surface area contributed by atoms with E-state index < -0.39 is 0 Å². The third kappa shape index (κ3) is 1.28. The average molecular weight is 215 g/mol. The molecule has 2 aromatic rings. The van der Waals surface area contributed by atoms with Gasteiger partial charge in [0.25, 0.3) is 0 Å². The van der Waals surface area contributed by atoms with Crippen LogP contribution in [0.5, 0.6) is 0 Å². The van der Waals surface area contributed by atoms with Gasteiger partial charge in [-0.25, -0.2) is 4.98 Å². The molecule has 1 fully saturated rings. The highest BCUT2D eigenvalue weighted by atomic mass is 15.0. The largest absolute Gasteiger partial charge is 0.341 e. The lowest BCUT2D eigenvalue weighted by atomic mass is 9.84. The zero-order valence-corrected chi connectivity index (χ0v) is 9.53. The number of aromatic nitrogens is 2. The van der Waals surface area contributed by atoms with E-state index in [-0.39, 0.29) is 11.5 Å². The fraction of sp³-hybridized carbons (Fsp3) is 0.462. The maximum absolute atomic E-state index is 6.21. The summed E-state index contributed by atoms with van der Waals surface area (Å²) in [7, 11) is 0. The predicted molar refractivity (Wildman–Crippen MR) is 65.3 cm³/mol. The molecule has 0 aliphatic heterocycles. The number of hydrogen-bond acceptors (Lipinski definition) is 2. The summed E-state index contributed by atoms with van der Waals surface area (Å²) in [6.45, 7) is 2.22. The predicted octanol–water partition coefficient (Wildman–Crippen LogP) is 2.33. The maximum Gasteiger partial charge on any atom is 0.114 e. The van der Waals surface area contributed by atoms with E-state index in [4.69, 9.17) is 5.73 Å². The molecule has 1 aliphatic carbocycles. The van der Waals surface area contributed by atoms with Crippen molar-refractivity contribution in [3.8, 4) is 0 Å². The zero-order chi connectivity index (χ0) is 11.2. The summed E-state index contributed by atoms with van der Waals surface area (Å²) in [6, 6.07) is 8.38. The van der Waals surface area contributed by atoms with Crippen LogP contribution >= 0.6 is 0 Å². The fourth-order valence-electron chi connectivity index (χ4n) is 2.71. The van der Waals surface area contributed by atoms with E-state index >= 15 is 0 Å². The second-order valence-corrected chi connectivity index (χ2v) is 5.02. The fourth-order valence-corrected chi connectivity index (χ4v) is 2.71. The van der Waals surface area contributed by atoms with E-state index in [1.54, 1.807) is 0 Å². The second-order valence-electron chi connectivity index (χ2n) is 5.02. The van der Waals surface area contributed by atoms with E-state index in [0.29, 0.717) is 0 Å². The Labute approximate surface area is 95.1 Å². The van der Waals surface area contributed by atoms with Gasteiger partial charge in [-0.15, -0.1) is 0 Å². The number of H-pyrrole nitrogens is 1. The van der Waals surface area contributed by atoms with E-state index in [1.165, 1.54) is 6.42 Å². The van der Waals surface area contributed by atoms with Crippen LogP contribution in [0, 0.1) is 0 Å². The SMILES string of the molecule is CC1(c2nc3ccccc3[nH]2)CCCC1N. The summed E-state index contributed by atoms with van der Waals surface area (Å²) in [5.41, 5.74) is 8.38. The second kappa shape index (κ2) is 3.32. The highest BCUT2D eigenvalue weighted by Gasteiger charge is 2.40. The maximum atomic E-state index is 6.21. The molecule has 0 bridgehead atoms.